The van der Waals surface area contributed by atoms with Crippen molar-refractivity contribution < 1.29 is 9.90 Å². The molecule has 0 aromatic carbocycles. The Kier molecular flexibility index (Phi) is 5.85. The lowest BCUT2D eigenvalue weighted by molar-refractivity contribution is 0.0946. The maximum Gasteiger partial charge on any atom is 0.270 e. The Labute approximate surface area is 129 Å². The number of nitrogens with zero attached hydrogens (tertiary/aromatic N) is 2. The molecule has 2 rings (SSSR count). The third kappa shape index (κ3) is 4.53. The lowest BCUT2D eigenvalue weighted by atomic mass is 10.2. The highest BCUT2D eigenvalue weighted by Gasteiger charge is 2.09. The molecular formula is C16H20N4O2. The van der Waals surface area contributed by atoms with Crippen LogP contribution in [0.15, 0.2) is 42.9 Å². The van der Waals surface area contributed by atoms with Gasteiger partial charge < -0.3 is 15.7 Å². The average molecular weight is 300 g/mol. The highest BCUT2D eigenvalue weighted by molar-refractivity contribution is 5.93. The van der Waals surface area contributed by atoms with Crippen LogP contribution in [0.4, 0.5) is 5.69 Å². The summed E-state index contributed by atoms with van der Waals surface area (Å²) in [5.74, 6) is -0.246. The molecule has 0 aliphatic carbocycles. The molecule has 1 atom stereocenters. The fraction of sp³-hybridized carbons (Fsp3) is 0.312. The van der Waals surface area contributed by atoms with Gasteiger partial charge in [0.1, 0.15) is 5.69 Å². The van der Waals surface area contributed by atoms with Gasteiger partial charge in [-0.3, -0.25) is 14.8 Å². The van der Waals surface area contributed by atoms with Crippen LogP contribution >= 0.6 is 0 Å². The third-order valence-electron chi connectivity index (χ3n) is 3.25. The van der Waals surface area contributed by atoms with Gasteiger partial charge in [-0.05, 0) is 30.2 Å². The van der Waals surface area contributed by atoms with E-state index in [-0.39, 0.29) is 18.6 Å². The molecule has 0 unspecified atom stereocenters. The van der Waals surface area contributed by atoms with Crippen LogP contribution in [-0.4, -0.2) is 33.6 Å². The molecule has 6 heteroatoms. The van der Waals surface area contributed by atoms with Crippen LogP contribution in [0.5, 0.6) is 0 Å². The molecule has 2 heterocycles. The minimum Gasteiger partial charge on any atom is -0.394 e. The molecule has 0 aliphatic rings. The van der Waals surface area contributed by atoms with Crippen LogP contribution in [0.1, 0.15) is 29.4 Å². The average Bonchev–Trinajstić information content (AvgIpc) is 2.58. The predicted molar refractivity (Wildman–Crippen MR) is 84.4 cm³/mol. The minimum absolute atomic E-state index is 0.0336. The van der Waals surface area contributed by atoms with E-state index >= 15 is 0 Å². The van der Waals surface area contributed by atoms with Crippen LogP contribution in [-0.2, 0) is 6.54 Å². The number of anilines is 1. The second-order valence-electron chi connectivity index (χ2n) is 4.91. The normalized spacial score (nSPS) is 11.7. The zero-order valence-corrected chi connectivity index (χ0v) is 12.5. The topological polar surface area (TPSA) is 87.1 Å². The van der Waals surface area contributed by atoms with Gasteiger partial charge in [-0.2, -0.15) is 0 Å². The van der Waals surface area contributed by atoms with Crippen molar-refractivity contribution in [3.8, 4) is 0 Å². The van der Waals surface area contributed by atoms with Crippen molar-refractivity contribution in [3.63, 3.8) is 0 Å². The van der Waals surface area contributed by atoms with Crippen molar-refractivity contribution >= 4 is 11.6 Å². The lowest BCUT2D eigenvalue weighted by Crippen LogP contribution is -2.25. The van der Waals surface area contributed by atoms with Gasteiger partial charge >= 0.3 is 0 Å². The Morgan fingerprint density at radius 2 is 2.23 bits per heavy atom. The van der Waals surface area contributed by atoms with Gasteiger partial charge in [-0.25, -0.2) is 0 Å². The summed E-state index contributed by atoms with van der Waals surface area (Å²) < 4.78 is 0. The number of carbonyl (C=O) groups is 1. The van der Waals surface area contributed by atoms with E-state index in [1.165, 1.54) is 0 Å². The largest absolute Gasteiger partial charge is 0.394 e. The molecule has 22 heavy (non-hydrogen) atoms. The first kappa shape index (κ1) is 15.9. The van der Waals surface area contributed by atoms with Gasteiger partial charge in [-0.1, -0.05) is 13.0 Å². The molecule has 0 radical (unpaired) electrons. The molecule has 2 aromatic heterocycles. The number of hydrogen-bond donors (Lipinski definition) is 3. The van der Waals surface area contributed by atoms with Crippen molar-refractivity contribution in [2.75, 3.05) is 11.9 Å². The molecule has 0 saturated heterocycles. The van der Waals surface area contributed by atoms with Gasteiger partial charge in [0.15, 0.2) is 0 Å². The van der Waals surface area contributed by atoms with Crippen LogP contribution in [0.3, 0.4) is 0 Å². The second kappa shape index (κ2) is 8.09. The summed E-state index contributed by atoms with van der Waals surface area (Å²) in [7, 11) is 0. The van der Waals surface area contributed by atoms with Crippen LogP contribution < -0.4 is 10.6 Å². The van der Waals surface area contributed by atoms with Crippen molar-refractivity contribution in [1.29, 1.82) is 0 Å². The Balaban J connectivity index is 1.98. The maximum absolute atomic E-state index is 12.1. The predicted octanol–water partition coefficient (Wildman–Crippen LogP) is 1.59. The van der Waals surface area contributed by atoms with Gasteiger partial charge in [0.2, 0.25) is 0 Å². The first-order valence-corrected chi connectivity index (χ1v) is 7.23. The van der Waals surface area contributed by atoms with Crippen molar-refractivity contribution in [3.05, 3.63) is 54.1 Å². The van der Waals surface area contributed by atoms with E-state index in [0.29, 0.717) is 12.2 Å². The summed E-state index contributed by atoms with van der Waals surface area (Å²) in [6, 6.07) is 7.14. The monoisotopic (exact) mass is 300 g/mol. The maximum atomic E-state index is 12.1. The lowest BCUT2D eigenvalue weighted by Gasteiger charge is -2.15. The first-order valence-electron chi connectivity index (χ1n) is 7.23. The molecule has 6 nitrogen and oxygen atoms in total. The van der Waals surface area contributed by atoms with Crippen molar-refractivity contribution in [1.82, 2.24) is 15.3 Å². The highest BCUT2D eigenvalue weighted by atomic mass is 16.3. The summed E-state index contributed by atoms with van der Waals surface area (Å²) in [5.41, 5.74) is 2.03. The van der Waals surface area contributed by atoms with E-state index < -0.39 is 0 Å². The Bertz CT molecular complexity index is 600. The fourth-order valence-electron chi connectivity index (χ4n) is 1.93. The number of hydrogen-bond acceptors (Lipinski definition) is 5. The molecule has 1 amide bonds. The molecule has 3 N–H and O–H groups in total. The number of amides is 1. The van der Waals surface area contributed by atoms with E-state index in [4.69, 9.17) is 0 Å². The SMILES string of the molecule is CC[C@H](CO)Nc1ccnc(C(=O)NCc2cccnc2)c1. The van der Waals surface area contributed by atoms with E-state index in [9.17, 15) is 9.90 Å². The Morgan fingerprint density at radius 1 is 1.36 bits per heavy atom. The van der Waals surface area contributed by atoms with E-state index in [2.05, 4.69) is 20.6 Å². The second-order valence-corrected chi connectivity index (χ2v) is 4.91. The van der Waals surface area contributed by atoms with Crippen LogP contribution in [0.25, 0.3) is 0 Å². The highest BCUT2D eigenvalue weighted by Crippen LogP contribution is 2.11. The quantitative estimate of drug-likeness (QED) is 0.723. The molecular weight excluding hydrogens is 280 g/mol. The van der Waals surface area contributed by atoms with Gasteiger partial charge in [0.05, 0.1) is 6.61 Å². The van der Waals surface area contributed by atoms with Gasteiger partial charge in [0.25, 0.3) is 5.91 Å². The number of aromatic nitrogens is 2. The van der Waals surface area contributed by atoms with E-state index in [0.717, 1.165) is 17.7 Å². The summed E-state index contributed by atoms with van der Waals surface area (Å²) in [6.07, 6.45) is 5.76. The summed E-state index contributed by atoms with van der Waals surface area (Å²) in [5, 5.41) is 15.2. The summed E-state index contributed by atoms with van der Waals surface area (Å²) in [4.78, 5) is 20.2. The number of carbonyl (C=O) groups excluding carboxylic acids is 1. The standard InChI is InChI=1S/C16H20N4O2/c1-2-13(11-21)20-14-5-7-18-15(8-14)16(22)19-10-12-4-3-6-17-9-12/h3-9,13,21H,2,10-11H2,1H3,(H,18,20)(H,19,22)/t13-/m1/s1. The molecule has 0 bridgehead atoms. The zero-order chi connectivity index (χ0) is 15.8. The number of rotatable bonds is 7. The minimum atomic E-state index is -0.246. The molecule has 0 aliphatic heterocycles. The Morgan fingerprint density at radius 3 is 2.91 bits per heavy atom. The third-order valence-corrected chi connectivity index (χ3v) is 3.25. The smallest absolute Gasteiger partial charge is 0.270 e. The van der Waals surface area contributed by atoms with Crippen LogP contribution in [0, 0.1) is 0 Å². The van der Waals surface area contributed by atoms with Crippen molar-refractivity contribution in [2.24, 2.45) is 0 Å². The van der Waals surface area contributed by atoms with Gasteiger partial charge in [-0.15, -0.1) is 0 Å². The number of pyridine rings is 2. The summed E-state index contributed by atoms with van der Waals surface area (Å²) >= 11 is 0. The van der Waals surface area contributed by atoms with Crippen molar-refractivity contribution in [2.45, 2.75) is 25.9 Å². The molecule has 116 valence electrons. The fourth-order valence-corrected chi connectivity index (χ4v) is 1.93. The number of aliphatic hydroxyl groups is 1. The molecule has 0 saturated carbocycles. The first-order chi connectivity index (χ1) is 10.7. The molecule has 2 aromatic rings. The molecule has 0 spiro atoms. The van der Waals surface area contributed by atoms with Crippen LogP contribution in [0.2, 0.25) is 0 Å². The van der Waals surface area contributed by atoms with Gasteiger partial charge in [0, 0.05) is 36.9 Å². The Hall–Kier alpha value is -2.47. The number of nitrogens with one attached hydrogen (secondary N) is 2. The van der Waals surface area contributed by atoms with E-state index in [1.54, 1.807) is 30.7 Å². The van der Waals surface area contributed by atoms with E-state index in [1.807, 2.05) is 19.1 Å². The summed E-state index contributed by atoms with van der Waals surface area (Å²) in [6.45, 7) is 2.43. The molecule has 0 fully saturated rings. The zero-order valence-electron chi connectivity index (χ0n) is 12.5. The number of aliphatic hydroxyl groups excluding tert-OH is 1.